The smallest absolute Gasteiger partial charge is 0.267 e. The average molecular weight is 578 g/mol. The molecule has 0 radical (unpaired) electrons. The Kier molecular flexibility index (Phi) is 8.98. The van der Waals surface area contributed by atoms with Crippen LogP contribution in [0.25, 0.3) is 11.3 Å². The standard InChI is InChI=1S/C22H22F5N5O.C7H7F/c1-21(23,24)32-12-15(11-29-32)18-10-16(14-6-3-2-4-7-14)20(33)31(30-18)13-19-17(22(25,26)27)8-5-9-28-19;1-6-3-2-4-7(8)5-6/h5,8-12,14H,2-4,6-7,13H2,1H3;2-5H,1H3. The first-order valence-electron chi connectivity index (χ1n) is 13.1. The van der Waals surface area contributed by atoms with E-state index >= 15 is 0 Å². The number of alkyl halides is 5. The van der Waals surface area contributed by atoms with Gasteiger partial charge in [-0.25, -0.2) is 13.8 Å². The molecule has 0 atom stereocenters. The minimum atomic E-state index is -4.65. The number of aromatic nitrogens is 5. The Hall–Kier alpha value is -3.96. The van der Waals surface area contributed by atoms with E-state index in [9.17, 15) is 31.1 Å². The molecule has 1 aromatic carbocycles. The van der Waals surface area contributed by atoms with Gasteiger partial charge in [-0.2, -0.15) is 32.1 Å². The van der Waals surface area contributed by atoms with Gasteiger partial charge in [-0.15, -0.1) is 0 Å². The Morgan fingerprint density at radius 3 is 2.32 bits per heavy atom. The van der Waals surface area contributed by atoms with Gasteiger partial charge in [0.15, 0.2) is 0 Å². The molecule has 218 valence electrons. The van der Waals surface area contributed by atoms with E-state index in [1.807, 2.05) is 13.0 Å². The molecule has 12 heteroatoms. The molecular weight excluding hydrogens is 548 g/mol. The van der Waals surface area contributed by atoms with E-state index in [2.05, 4.69) is 15.2 Å². The minimum Gasteiger partial charge on any atom is -0.267 e. The molecular formula is C29H29F6N5O. The molecule has 1 saturated carbocycles. The Morgan fingerprint density at radius 1 is 1.00 bits per heavy atom. The highest BCUT2D eigenvalue weighted by molar-refractivity contribution is 5.57. The van der Waals surface area contributed by atoms with Crippen LogP contribution in [0.4, 0.5) is 26.3 Å². The van der Waals surface area contributed by atoms with Crippen molar-refractivity contribution in [2.45, 2.75) is 70.6 Å². The SMILES string of the molecule is CC(F)(F)n1cc(-c2cc(C3CCCCC3)c(=O)n(Cc3ncccc3C(F)(F)F)n2)cn1.Cc1cccc(F)c1. The number of hydrogen-bond donors (Lipinski definition) is 0. The second-order valence-corrected chi connectivity index (χ2v) is 10.1. The van der Waals surface area contributed by atoms with Gasteiger partial charge in [-0.3, -0.25) is 9.78 Å². The van der Waals surface area contributed by atoms with Crippen molar-refractivity contribution in [2.75, 3.05) is 0 Å². The zero-order chi connectivity index (χ0) is 29.8. The van der Waals surface area contributed by atoms with Gasteiger partial charge in [0, 0.05) is 30.4 Å². The monoisotopic (exact) mass is 577 g/mol. The first-order valence-corrected chi connectivity index (χ1v) is 13.1. The van der Waals surface area contributed by atoms with E-state index in [-0.39, 0.29) is 28.7 Å². The van der Waals surface area contributed by atoms with Crippen molar-refractivity contribution < 1.29 is 26.3 Å². The third kappa shape index (κ3) is 7.62. The zero-order valence-corrected chi connectivity index (χ0v) is 22.5. The molecule has 0 aliphatic heterocycles. The molecule has 6 nitrogen and oxygen atoms in total. The maximum atomic E-state index is 13.7. The lowest BCUT2D eigenvalue weighted by Gasteiger charge is -2.22. The quantitative estimate of drug-likeness (QED) is 0.233. The van der Waals surface area contributed by atoms with Gasteiger partial charge < -0.3 is 0 Å². The molecule has 5 rings (SSSR count). The lowest BCUT2D eigenvalue weighted by molar-refractivity contribution is -0.138. The average Bonchev–Trinajstić information content (AvgIpc) is 3.42. The molecule has 0 N–H and O–H groups in total. The van der Waals surface area contributed by atoms with Gasteiger partial charge in [0.1, 0.15) is 5.82 Å². The second kappa shape index (κ2) is 12.3. The fourth-order valence-corrected chi connectivity index (χ4v) is 4.76. The van der Waals surface area contributed by atoms with E-state index in [1.165, 1.54) is 30.6 Å². The Balaban J connectivity index is 0.000000417. The van der Waals surface area contributed by atoms with Crippen LogP contribution in [-0.2, 0) is 18.8 Å². The topological polar surface area (TPSA) is 65.6 Å². The van der Waals surface area contributed by atoms with E-state index in [0.29, 0.717) is 17.2 Å². The summed E-state index contributed by atoms with van der Waals surface area (Å²) in [6, 6.07) is 6.88. The van der Waals surface area contributed by atoms with Crippen LogP contribution in [0, 0.1) is 12.7 Å². The summed E-state index contributed by atoms with van der Waals surface area (Å²) in [5, 5.41) is 7.88. The summed E-state index contributed by atoms with van der Waals surface area (Å²) in [5.74, 6) is -0.238. The van der Waals surface area contributed by atoms with Crippen LogP contribution in [0.1, 0.15) is 67.3 Å². The van der Waals surface area contributed by atoms with Gasteiger partial charge in [0.05, 0.1) is 29.7 Å². The van der Waals surface area contributed by atoms with Crippen molar-refractivity contribution >= 4 is 0 Å². The molecule has 0 bridgehead atoms. The highest BCUT2D eigenvalue weighted by Gasteiger charge is 2.34. The van der Waals surface area contributed by atoms with Crippen molar-refractivity contribution in [3.05, 3.63) is 99.6 Å². The maximum Gasteiger partial charge on any atom is 0.418 e. The molecule has 1 aliphatic carbocycles. The van der Waals surface area contributed by atoms with Crippen LogP contribution in [0.2, 0.25) is 0 Å². The van der Waals surface area contributed by atoms with E-state index in [4.69, 9.17) is 0 Å². The molecule has 3 heterocycles. The number of pyridine rings is 1. The summed E-state index contributed by atoms with van der Waals surface area (Å²) in [5.41, 5.74) is 0.00120. The number of nitrogens with zero attached hydrogens (tertiary/aromatic N) is 5. The van der Waals surface area contributed by atoms with Gasteiger partial charge in [-0.05, 0) is 61.6 Å². The van der Waals surface area contributed by atoms with Gasteiger partial charge >= 0.3 is 12.2 Å². The Bertz CT molecular complexity index is 1520. The molecule has 0 amide bonds. The Labute approximate surface area is 232 Å². The predicted molar refractivity (Wildman–Crippen MR) is 141 cm³/mol. The largest absolute Gasteiger partial charge is 0.418 e. The zero-order valence-electron chi connectivity index (χ0n) is 22.5. The van der Waals surface area contributed by atoms with E-state index in [1.54, 1.807) is 12.1 Å². The summed E-state index contributed by atoms with van der Waals surface area (Å²) < 4.78 is 81.2. The molecule has 0 saturated heterocycles. The lowest BCUT2D eigenvalue weighted by Crippen LogP contribution is -2.30. The number of benzene rings is 1. The third-order valence-electron chi connectivity index (χ3n) is 6.80. The lowest BCUT2D eigenvalue weighted by atomic mass is 9.84. The minimum absolute atomic E-state index is 0.0762. The second-order valence-electron chi connectivity index (χ2n) is 10.1. The van der Waals surface area contributed by atoms with Crippen molar-refractivity contribution in [1.29, 1.82) is 0 Å². The van der Waals surface area contributed by atoms with Gasteiger partial charge in [0.2, 0.25) is 0 Å². The predicted octanol–water partition coefficient (Wildman–Crippen LogP) is 7.32. The number of halogens is 6. The van der Waals surface area contributed by atoms with Crippen molar-refractivity contribution in [1.82, 2.24) is 24.5 Å². The molecule has 1 aliphatic rings. The molecule has 41 heavy (non-hydrogen) atoms. The summed E-state index contributed by atoms with van der Waals surface area (Å²) in [4.78, 5) is 17.1. The number of rotatable bonds is 5. The van der Waals surface area contributed by atoms with Crippen LogP contribution in [0.5, 0.6) is 0 Å². The molecule has 1 fully saturated rings. The number of aryl methyl sites for hydroxylation is 1. The van der Waals surface area contributed by atoms with E-state index in [0.717, 1.165) is 54.6 Å². The first-order chi connectivity index (χ1) is 19.3. The van der Waals surface area contributed by atoms with E-state index < -0.39 is 29.9 Å². The molecule has 0 spiro atoms. The van der Waals surface area contributed by atoms with Crippen LogP contribution in [-0.4, -0.2) is 24.5 Å². The summed E-state index contributed by atoms with van der Waals surface area (Å²) in [6.45, 7) is 2.05. The van der Waals surface area contributed by atoms with Crippen molar-refractivity contribution in [3.63, 3.8) is 0 Å². The highest BCUT2D eigenvalue weighted by atomic mass is 19.4. The fourth-order valence-electron chi connectivity index (χ4n) is 4.76. The van der Waals surface area contributed by atoms with Crippen molar-refractivity contribution in [2.24, 2.45) is 0 Å². The molecule has 4 aromatic rings. The summed E-state index contributed by atoms with van der Waals surface area (Å²) >= 11 is 0. The Morgan fingerprint density at radius 2 is 1.73 bits per heavy atom. The van der Waals surface area contributed by atoms with Crippen LogP contribution in [0.3, 0.4) is 0 Å². The number of hydrogen-bond acceptors (Lipinski definition) is 4. The summed E-state index contributed by atoms with van der Waals surface area (Å²) in [6.07, 6.45) is 3.31. The van der Waals surface area contributed by atoms with Gasteiger partial charge in [-0.1, -0.05) is 31.4 Å². The summed E-state index contributed by atoms with van der Waals surface area (Å²) in [7, 11) is 0. The maximum absolute atomic E-state index is 13.7. The normalized spacial score (nSPS) is 14.4. The van der Waals surface area contributed by atoms with Crippen LogP contribution in [0.15, 0.2) is 65.8 Å². The highest BCUT2D eigenvalue weighted by Crippen LogP contribution is 2.34. The molecule has 0 unspecified atom stereocenters. The third-order valence-corrected chi connectivity index (χ3v) is 6.80. The van der Waals surface area contributed by atoms with Crippen LogP contribution < -0.4 is 5.56 Å². The first kappa shape index (κ1) is 30.0. The van der Waals surface area contributed by atoms with Crippen LogP contribution >= 0.6 is 0 Å². The molecule has 3 aromatic heterocycles. The van der Waals surface area contributed by atoms with Gasteiger partial charge in [0.25, 0.3) is 5.56 Å². The van der Waals surface area contributed by atoms with Crippen molar-refractivity contribution in [3.8, 4) is 11.3 Å². The fraction of sp³-hybridized carbons (Fsp3) is 0.379.